The Morgan fingerprint density at radius 2 is 1.65 bits per heavy atom. The normalized spacial score (nSPS) is 32.4. The largest absolute Gasteiger partial charge is 0.370 e. The monoisotopic (exact) mass is 237 g/mol. The number of nitrogens with two attached hydrogens (primary N) is 1. The Bertz CT molecular complexity index is 248. The summed E-state index contributed by atoms with van der Waals surface area (Å²) in [6.45, 7) is 2.34. The van der Waals surface area contributed by atoms with Gasteiger partial charge in [0.15, 0.2) is 5.96 Å². The molecule has 2 rings (SSSR count). The first-order valence-electron chi connectivity index (χ1n) is 7.34. The van der Waals surface area contributed by atoms with E-state index in [1.54, 1.807) is 0 Å². The van der Waals surface area contributed by atoms with Crippen molar-refractivity contribution in [2.75, 3.05) is 0 Å². The van der Waals surface area contributed by atoms with E-state index >= 15 is 0 Å². The molecular weight excluding hydrogens is 210 g/mol. The van der Waals surface area contributed by atoms with Crippen LogP contribution in [0, 0.1) is 5.92 Å². The quantitative estimate of drug-likeness (QED) is 0.573. The van der Waals surface area contributed by atoms with E-state index in [0.29, 0.717) is 18.0 Å². The average molecular weight is 237 g/mol. The van der Waals surface area contributed by atoms with Crippen molar-refractivity contribution in [1.82, 2.24) is 5.32 Å². The number of hydrogen-bond donors (Lipinski definition) is 2. The summed E-state index contributed by atoms with van der Waals surface area (Å²) in [7, 11) is 0. The van der Waals surface area contributed by atoms with Gasteiger partial charge in [-0.2, -0.15) is 0 Å². The lowest BCUT2D eigenvalue weighted by Gasteiger charge is -2.26. The second-order valence-corrected chi connectivity index (χ2v) is 5.91. The van der Waals surface area contributed by atoms with E-state index in [-0.39, 0.29) is 0 Å². The first kappa shape index (κ1) is 12.7. The van der Waals surface area contributed by atoms with Crippen LogP contribution in [0.1, 0.15) is 64.7 Å². The Kier molecular flexibility index (Phi) is 4.69. The van der Waals surface area contributed by atoms with Crippen molar-refractivity contribution >= 4 is 5.96 Å². The molecular formula is C14H27N3. The van der Waals surface area contributed by atoms with Gasteiger partial charge in [0.05, 0.1) is 6.04 Å². The third kappa shape index (κ3) is 4.21. The Morgan fingerprint density at radius 3 is 2.29 bits per heavy atom. The molecule has 2 aliphatic rings. The standard InChI is InChI=1S/C14H27N3/c1-11-7-9-13(10-8-11)17-14(15)16-12-5-3-2-4-6-12/h11-13H,2-10H2,1H3,(H3,15,16,17). The number of nitrogens with one attached hydrogen (secondary N) is 1. The first-order valence-corrected chi connectivity index (χ1v) is 7.34. The van der Waals surface area contributed by atoms with E-state index in [2.05, 4.69) is 17.2 Å². The first-order chi connectivity index (χ1) is 8.24. The summed E-state index contributed by atoms with van der Waals surface area (Å²) in [4.78, 5) is 4.65. The zero-order chi connectivity index (χ0) is 12.1. The molecule has 0 aliphatic heterocycles. The maximum atomic E-state index is 6.01. The van der Waals surface area contributed by atoms with Crippen LogP contribution >= 0.6 is 0 Å². The van der Waals surface area contributed by atoms with E-state index in [0.717, 1.165) is 5.92 Å². The van der Waals surface area contributed by atoms with E-state index in [1.165, 1.54) is 57.8 Å². The van der Waals surface area contributed by atoms with Gasteiger partial charge in [-0.3, -0.25) is 4.99 Å². The number of hydrogen-bond acceptors (Lipinski definition) is 1. The minimum atomic E-state index is 0.474. The predicted molar refractivity (Wildman–Crippen MR) is 73.1 cm³/mol. The zero-order valence-corrected chi connectivity index (χ0v) is 11.1. The van der Waals surface area contributed by atoms with E-state index in [4.69, 9.17) is 5.73 Å². The lowest BCUT2D eigenvalue weighted by atomic mass is 9.88. The molecule has 3 nitrogen and oxygen atoms in total. The van der Waals surface area contributed by atoms with Gasteiger partial charge in [-0.25, -0.2) is 0 Å². The van der Waals surface area contributed by atoms with Crippen LogP contribution in [0.3, 0.4) is 0 Å². The molecule has 0 aromatic rings. The highest BCUT2D eigenvalue weighted by atomic mass is 15.1. The highest BCUT2D eigenvalue weighted by molar-refractivity contribution is 5.78. The molecule has 98 valence electrons. The molecule has 2 fully saturated rings. The van der Waals surface area contributed by atoms with Crippen LogP contribution in [0.15, 0.2) is 4.99 Å². The lowest BCUT2D eigenvalue weighted by Crippen LogP contribution is -2.41. The summed E-state index contributed by atoms with van der Waals surface area (Å²) in [5, 5.41) is 3.41. The summed E-state index contributed by atoms with van der Waals surface area (Å²) >= 11 is 0. The Labute approximate surface area is 105 Å². The minimum Gasteiger partial charge on any atom is -0.370 e. The van der Waals surface area contributed by atoms with Crippen molar-refractivity contribution in [2.45, 2.75) is 76.8 Å². The maximum absolute atomic E-state index is 6.01. The number of aliphatic imine (C=N–C) groups is 1. The van der Waals surface area contributed by atoms with Gasteiger partial charge in [-0.15, -0.1) is 0 Å². The molecule has 0 radical (unpaired) electrons. The second-order valence-electron chi connectivity index (χ2n) is 5.91. The molecule has 3 N–H and O–H groups in total. The van der Waals surface area contributed by atoms with Crippen LogP contribution in [-0.2, 0) is 0 Å². The molecule has 0 aromatic heterocycles. The zero-order valence-electron chi connectivity index (χ0n) is 11.1. The Hall–Kier alpha value is -0.730. The summed E-state index contributed by atoms with van der Waals surface area (Å²) in [6.07, 6.45) is 11.6. The van der Waals surface area contributed by atoms with Crippen molar-refractivity contribution < 1.29 is 0 Å². The third-order valence-electron chi connectivity index (χ3n) is 4.26. The van der Waals surface area contributed by atoms with Gasteiger partial charge in [0.25, 0.3) is 0 Å². The van der Waals surface area contributed by atoms with E-state index < -0.39 is 0 Å². The van der Waals surface area contributed by atoms with Gasteiger partial charge < -0.3 is 11.1 Å². The topological polar surface area (TPSA) is 50.4 Å². The van der Waals surface area contributed by atoms with Crippen LogP contribution in [0.5, 0.6) is 0 Å². The second kappa shape index (κ2) is 6.27. The summed E-state index contributed by atoms with van der Waals surface area (Å²) in [5.41, 5.74) is 6.01. The number of nitrogens with zero attached hydrogens (tertiary/aromatic N) is 1. The molecule has 0 amide bonds. The molecule has 0 aromatic carbocycles. The highest BCUT2D eigenvalue weighted by Crippen LogP contribution is 2.25. The van der Waals surface area contributed by atoms with E-state index in [9.17, 15) is 0 Å². The molecule has 2 saturated carbocycles. The van der Waals surface area contributed by atoms with Crippen LogP contribution in [0.4, 0.5) is 0 Å². The van der Waals surface area contributed by atoms with Gasteiger partial charge in [0, 0.05) is 6.04 Å². The molecule has 0 spiro atoms. The molecule has 2 aliphatic carbocycles. The van der Waals surface area contributed by atoms with Crippen LogP contribution < -0.4 is 11.1 Å². The maximum Gasteiger partial charge on any atom is 0.189 e. The number of rotatable bonds is 2. The molecule has 0 unspecified atom stereocenters. The Morgan fingerprint density at radius 1 is 1.00 bits per heavy atom. The van der Waals surface area contributed by atoms with Gasteiger partial charge in [0.1, 0.15) is 0 Å². The Balaban J connectivity index is 1.75. The van der Waals surface area contributed by atoms with Crippen molar-refractivity contribution in [2.24, 2.45) is 16.6 Å². The van der Waals surface area contributed by atoms with Gasteiger partial charge in [0.2, 0.25) is 0 Å². The van der Waals surface area contributed by atoms with Crippen molar-refractivity contribution in [1.29, 1.82) is 0 Å². The predicted octanol–water partition coefficient (Wildman–Crippen LogP) is 2.80. The fourth-order valence-electron chi connectivity index (χ4n) is 3.06. The molecule has 0 saturated heterocycles. The van der Waals surface area contributed by atoms with E-state index in [1.807, 2.05) is 0 Å². The smallest absolute Gasteiger partial charge is 0.189 e. The van der Waals surface area contributed by atoms with Gasteiger partial charge in [-0.05, 0) is 44.4 Å². The summed E-state index contributed by atoms with van der Waals surface area (Å²) < 4.78 is 0. The van der Waals surface area contributed by atoms with Gasteiger partial charge in [-0.1, -0.05) is 26.2 Å². The molecule has 0 bridgehead atoms. The molecule has 0 heterocycles. The molecule has 3 heteroatoms. The lowest BCUT2D eigenvalue weighted by molar-refractivity contribution is 0.347. The van der Waals surface area contributed by atoms with Crippen molar-refractivity contribution in [3.8, 4) is 0 Å². The fraction of sp³-hybridized carbons (Fsp3) is 0.929. The van der Waals surface area contributed by atoms with Crippen LogP contribution in [-0.4, -0.2) is 18.0 Å². The highest BCUT2D eigenvalue weighted by Gasteiger charge is 2.18. The van der Waals surface area contributed by atoms with Crippen molar-refractivity contribution in [3.05, 3.63) is 0 Å². The average Bonchev–Trinajstić information content (AvgIpc) is 2.33. The van der Waals surface area contributed by atoms with Crippen LogP contribution in [0.2, 0.25) is 0 Å². The van der Waals surface area contributed by atoms with Crippen LogP contribution in [0.25, 0.3) is 0 Å². The number of guanidine groups is 1. The third-order valence-corrected chi connectivity index (χ3v) is 4.26. The fourth-order valence-corrected chi connectivity index (χ4v) is 3.06. The summed E-state index contributed by atoms with van der Waals surface area (Å²) in [6, 6.07) is 1.05. The van der Waals surface area contributed by atoms with Gasteiger partial charge >= 0.3 is 0 Å². The molecule has 17 heavy (non-hydrogen) atoms. The van der Waals surface area contributed by atoms with Crippen molar-refractivity contribution in [3.63, 3.8) is 0 Å². The minimum absolute atomic E-state index is 0.474. The summed E-state index contributed by atoms with van der Waals surface area (Å²) in [5.74, 6) is 1.57. The SMILES string of the molecule is CC1CCC(N=C(N)NC2CCCCC2)CC1. The molecule has 0 atom stereocenters.